The summed E-state index contributed by atoms with van der Waals surface area (Å²) in [6.07, 6.45) is 2.84. The standard InChI is InChI=1S/C25H30FN3O2/c26-21-8-10-22(11-9-21)28-18-16-27(17-19-28)14-4-5-15-29-24(30)13-12-23(25(29)31)20-6-2-1-3-7-20/h1-3,6-11,23H,4-5,12-19H2. The zero-order chi connectivity index (χ0) is 21.6. The van der Waals surface area contributed by atoms with E-state index in [9.17, 15) is 14.0 Å². The van der Waals surface area contributed by atoms with Gasteiger partial charge in [0.25, 0.3) is 0 Å². The van der Waals surface area contributed by atoms with E-state index in [1.807, 2.05) is 42.5 Å². The number of imide groups is 1. The quantitative estimate of drug-likeness (QED) is 0.504. The van der Waals surface area contributed by atoms with Gasteiger partial charge in [0.2, 0.25) is 11.8 Å². The van der Waals surface area contributed by atoms with Crippen LogP contribution in [0.3, 0.4) is 0 Å². The maximum Gasteiger partial charge on any atom is 0.236 e. The van der Waals surface area contributed by atoms with Gasteiger partial charge in [-0.2, -0.15) is 0 Å². The minimum atomic E-state index is -0.205. The first kappa shape index (κ1) is 21.5. The molecule has 1 unspecified atom stereocenters. The lowest BCUT2D eigenvalue weighted by atomic mass is 9.89. The molecule has 2 aromatic carbocycles. The summed E-state index contributed by atoms with van der Waals surface area (Å²) < 4.78 is 13.1. The van der Waals surface area contributed by atoms with E-state index in [2.05, 4.69) is 9.80 Å². The maximum atomic E-state index is 13.1. The summed E-state index contributed by atoms with van der Waals surface area (Å²) in [5, 5.41) is 0. The molecule has 2 heterocycles. The molecule has 2 fully saturated rings. The molecule has 2 aromatic rings. The molecular weight excluding hydrogens is 393 g/mol. The first-order valence-electron chi connectivity index (χ1n) is 11.2. The van der Waals surface area contributed by atoms with E-state index >= 15 is 0 Å². The second-order valence-electron chi connectivity index (χ2n) is 8.40. The van der Waals surface area contributed by atoms with Crippen LogP contribution in [0.15, 0.2) is 54.6 Å². The van der Waals surface area contributed by atoms with E-state index in [0.717, 1.165) is 56.8 Å². The number of nitrogens with zero attached hydrogens (tertiary/aromatic N) is 3. The fourth-order valence-electron chi connectivity index (χ4n) is 4.55. The average molecular weight is 424 g/mol. The van der Waals surface area contributed by atoms with Crippen LogP contribution in [0.2, 0.25) is 0 Å². The van der Waals surface area contributed by atoms with Crippen molar-refractivity contribution in [3.63, 3.8) is 0 Å². The number of halogens is 1. The zero-order valence-electron chi connectivity index (χ0n) is 17.9. The van der Waals surface area contributed by atoms with Crippen molar-refractivity contribution in [3.8, 4) is 0 Å². The second kappa shape index (κ2) is 10.1. The Balaban J connectivity index is 1.20. The molecule has 2 aliphatic rings. The van der Waals surface area contributed by atoms with E-state index in [-0.39, 0.29) is 23.5 Å². The highest BCUT2D eigenvalue weighted by Crippen LogP contribution is 2.29. The molecule has 2 saturated heterocycles. The van der Waals surface area contributed by atoms with Gasteiger partial charge in [-0.1, -0.05) is 30.3 Å². The minimum Gasteiger partial charge on any atom is -0.369 e. The predicted molar refractivity (Wildman–Crippen MR) is 119 cm³/mol. The van der Waals surface area contributed by atoms with Gasteiger partial charge in [-0.3, -0.25) is 19.4 Å². The van der Waals surface area contributed by atoms with Crippen LogP contribution in [-0.2, 0) is 9.59 Å². The van der Waals surface area contributed by atoms with Gasteiger partial charge in [-0.25, -0.2) is 4.39 Å². The molecule has 31 heavy (non-hydrogen) atoms. The number of carbonyl (C=O) groups excluding carboxylic acids is 2. The fourth-order valence-corrected chi connectivity index (χ4v) is 4.55. The van der Waals surface area contributed by atoms with Gasteiger partial charge < -0.3 is 4.90 Å². The Morgan fingerprint density at radius 3 is 2.23 bits per heavy atom. The molecule has 164 valence electrons. The van der Waals surface area contributed by atoms with Crippen molar-refractivity contribution in [2.45, 2.75) is 31.6 Å². The monoisotopic (exact) mass is 423 g/mol. The lowest BCUT2D eigenvalue weighted by Gasteiger charge is -2.36. The number of benzene rings is 2. The third-order valence-corrected chi connectivity index (χ3v) is 6.38. The minimum absolute atomic E-state index is 0.0370. The van der Waals surface area contributed by atoms with Crippen molar-refractivity contribution in [2.24, 2.45) is 0 Å². The molecule has 0 saturated carbocycles. The van der Waals surface area contributed by atoms with Gasteiger partial charge in [0.05, 0.1) is 5.92 Å². The van der Waals surface area contributed by atoms with Crippen LogP contribution in [-0.4, -0.2) is 60.9 Å². The number of likely N-dealkylation sites (tertiary alicyclic amines) is 1. The van der Waals surface area contributed by atoms with Gasteiger partial charge in [-0.15, -0.1) is 0 Å². The summed E-state index contributed by atoms with van der Waals surface area (Å²) in [6.45, 7) is 5.26. The molecule has 1 atom stereocenters. The maximum absolute atomic E-state index is 13.1. The summed E-state index contributed by atoms with van der Waals surface area (Å²) in [5.41, 5.74) is 2.07. The molecule has 0 spiro atoms. The topological polar surface area (TPSA) is 43.9 Å². The van der Waals surface area contributed by atoms with E-state index in [1.165, 1.54) is 17.0 Å². The van der Waals surface area contributed by atoms with E-state index in [1.54, 1.807) is 0 Å². The van der Waals surface area contributed by atoms with Crippen molar-refractivity contribution in [2.75, 3.05) is 44.2 Å². The normalized spacial score (nSPS) is 20.4. The number of amides is 2. The van der Waals surface area contributed by atoms with Gasteiger partial charge >= 0.3 is 0 Å². The van der Waals surface area contributed by atoms with Crippen LogP contribution in [0.1, 0.15) is 37.2 Å². The fraction of sp³-hybridized carbons (Fsp3) is 0.440. The average Bonchev–Trinajstić information content (AvgIpc) is 2.80. The molecule has 2 amide bonds. The summed E-state index contributed by atoms with van der Waals surface area (Å²) in [4.78, 5) is 31.4. The van der Waals surface area contributed by atoms with Crippen molar-refractivity contribution >= 4 is 17.5 Å². The molecule has 6 heteroatoms. The molecule has 0 N–H and O–H groups in total. The number of unbranched alkanes of at least 4 members (excludes halogenated alkanes) is 1. The van der Waals surface area contributed by atoms with E-state index in [4.69, 9.17) is 0 Å². The lowest BCUT2D eigenvalue weighted by molar-refractivity contribution is -0.149. The highest BCUT2D eigenvalue weighted by molar-refractivity contribution is 6.01. The first-order valence-corrected chi connectivity index (χ1v) is 11.2. The number of carbonyl (C=O) groups is 2. The van der Waals surface area contributed by atoms with Crippen LogP contribution in [0.25, 0.3) is 0 Å². The molecule has 0 bridgehead atoms. The predicted octanol–water partition coefficient (Wildman–Crippen LogP) is 3.66. The lowest BCUT2D eigenvalue weighted by Crippen LogP contribution is -2.47. The summed E-state index contributed by atoms with van der Waals surface area (Å²) in [7, 11) is 0. The molecular formula is C25H30FN3O2. The Morgan fingerprint density at radius 2 is 1.52 bits per heavy atom. The summed E-state index contributed by atoms with van der Waals surface area (Å²) >= 11 is 0. The van der Waals surface area contributed by atoms with Gasteiger partial charge in [0, 0.05) is 44.8 Å². The summed E-state index contributed by atoms with van der Waals surface area (Å²) in [6, 6.07) is 16.5. The Labute approximate surface area is 183 Å². The third-order valence-electron chi connectivity index (χ3n) is 6.38. The van der Waals surface area contributed by atoms with Crippen LogP contribution in [0.4, 0.5) is 10.1 Å². The Bertz CT molecular complexity index is 879. The summed E-state index contributed by atoms with van der Waals surface area (Å²) in [5.74, 6) is -0.484. The molecule has 2 aliphatic heterocycles. The second-order valence-corrected chi connectivity index (χ2v) is 8.40. The Kier molecular flexibility index (Phi) is 6.97. The molecule has 4 rings (SSSR count). The van der Waals surface area contributed by atoms with Crippen molar-refractivity contribution in [1.82, 2.24) is 9.80 Å². The van der Waals surface area contributed by atoms with Gasteiger partial charge in [0.15, 0.2) is 0 Å². The van der Waals surface area contributed by atoms with Crippen LogP contribution >= 0.6 is 0 Å². The van der Waals surface area contributed by atoms with Crippen molar-refractivity contribution < 1.29 is 14.0 Å². The zero-order valence-corrected chi connectivity index (χ0v) is 17.9. The number of piperazine rings is 1. The van der Waals surface area contributed by atoms with Crippen molar-refractivity contribution in [3.05, 3.63) is 66.0 Å². The highest BCUT2D eigenvalue weighted by atomic mass is 19.1. The Hall–Kier alpha value is -2.73. The highest BCUT2D eigenvalue weighted by Gasteiger charge is 2.34. The number of piperidine rings is 1. The van der Waals surface area contributed by atoms with Gasteiger partial charge in [-0.05, 0) is 55.6 Å². The molecule has 0 aromatic heterocycles. The number of anilines is 1. The number of rotatable bonds is 7. The van der Waals surface area contributed by atoms with Crippen molar-refractivity contribution in [1.29, 1.82) is 0 Å². The van der Waals surface area contributed by atoms with Crippen LogP contribution in [0.5, 0.6) is 0 Å². The third kappa shape index (κ3) is 5.31. The van der Waals surface area contributed by atoms with E-state index in [0.29, 0.717) is 19.4 Å². The molecule has 0 aliphatic carbocycles. The van der Waals surface area contributed by atoms with E-state index < -0.39 is 0 Å². The largest absolute Gasteiger partial charge is 0.369 e. The SMILES string of the molecule is O=C1CCC(c2ccccc2)C(=O)N1CCCCN1CCN(c2ccc(F)cc2)CC1. The van der Waals surface area contributed by atoms with Crippen LogP contribution in [0, 0.1) is 5.82 Å². The molecule has 0 radical (unpaired) electrons. The Morgan fingerprint density at radius 1 is 0.839 bits per heavy atom. The number of hydrogen-bond donors (Lipinski definition) is 0. The van der Waals surface area contributed by atoms with Crippen LogP contribution < -0.4 is 4.90 Å². The smallest absolute Gasteiger partial charge is 0.236 e. The molecule has 5 nitrogen and oxygen atoms in total. The van der Waals surface area contributed by atoms with Gasteiger partial charge in [0.1, 0.15) is 5.82 Å². The number of hydrogen-bond acceptors (Lipinski definition) is 4. The first-order chi connectivity index (χ1) is 15.1.